The summed E-state index contributed by atoms with van der Waals surface area (Å²) in [7, 11) is 0. The van der Waals surface area contributed by atoms with Gasteiger partial charge >= 0.3 is 0 Å². The normalized spacial score (nSPS) is 11.3. The van der Waals surface area contributed by atoms with Gasteiger partial charge < -0.3 is 9.84 Å². The molecule has 5 heteroatoms. The first-order chi connectivity index (χ1) is 17.3. The number of hydrogen-bond donors (Lipinski definition) is 1. The van der Waals surface area contributed by atoms with Crippen LogP contribution in [0.4, 0.5) is 0 Å². The highest BCUT2D eigenvalue weighted by Crippen LogP contribution is 2.29. The summed E-state index contributed by atoms with van der Waals surface area (Å²) < 4.78 is 7.49. The van der Waals surface area contributed by atoms with E-state index < -0.39 is 0 Å². The van der Waals surface area contributed by atoms with Crippen LogP contribution in [0.1, 0.15) is 94.1 Å². The monoisotopic (exact) mass is 490 g/mol. The summed E-state index contributed by atoms with van der Waals surface area (Å²) in [5.74, 6) is 1.89. The molecule has 0 saturated heterocycles. The van der Waals surface area contributed by atoms with Crippen molar-refractivity contribution >= 4 is 0 Å². The average molecular weight is 491 g/mol. The summed E-state index contributed by atoms with van der Waals surface area (Å²) in [6.07, 6.45) is 6.97. The van der Waals surface area contributed by atoms with Crippen molar-refractivity contribution in [3.8, 4) is 17.2 Å². The second-order valence-corrected chi connectivity index (χ2v) is 9.93. The fraction of sp³-hybridized carbons (Fsp3) is 0.484. The number of aryl methyl sites for hydroxylation is 4. The van der Waals surface area contributed by atoms with Crippen LogP contribution in [-0.2, 0) is 25.7 Å². The number of aromatic hydroxyl groups is 1. The van der Waals surface area contributed by atoms with E-state index in [1.807, 2.05) is 45.0 Å². The van der Waals surface area contributed by atoms with Crippen LogP contribution in [0.15, 0.2) is 41.2 Å². The minimum atomic E-state index is -0.0201. The molecule has 3 rings (SSSR count). The Morgan fingerprint density at radius 3 is 2.08 bits per heavy atom. The standard InChI is InChI=1S/C31H42N2O3/c1-7-10-13-29-28(20-23-18-24(11-8-2)30(34)25(19-23)12-9-3)31(35)33(22(6)32-29)26-14-16-27(17-15-26)36-21(4)5/h14-19,21,34H,7-13,20H2,1-6H3. The largest absolute Gasteiger partial charge is 0.507 e. The summed E-state index contributed by atoms with van der Waals surface area (Å²) >= 11 is 0. The van der Waals surface area contributed by atoms with E-state index >= 15 is 0 Å². The van der Waals surface area contributed by atoms with Gasteiger partial charge in [0.1, 0.15) is 17.3 Å². The smallest absolute Gasteiger partial charge is 0.261 e. The molecule has 0 aliphatic rings. The Morgan fingerprint density at radius 1 is 0.944 bits per heavy atom. The van der Waals surface area contributed by atoms with Crippen molar-refractivity contribution in [1.82, 2.24) is 9.55 Å². The summed E-state index contributed by atoms with van der Waals surface area (Å²) in [6, 6.07) is 11.8. The number of phenolic OH excluding ortho intramolecular Hbond substituents is 1. The molecule has 0 amide bonds. The Morgan fingerprint density at radius 2 is 1.56 bits per heavy atom. The van der Waals surface area contributed by atoms with Crippen molar-refractivity contribution in [3.05, 3.63) is 80.5 Å². The molecular formula is C31H42N2O3. The predicted octanol–water partition coefficient (Wildman–Crippen LogP) is 6.87. The van der Waals surface area contributed by atoms with Gasteiger partial charge in [-0.25, -0.2) is 4.98 Å². The molecule has 1 heterocycles. The second-order valence-electron chi connectivity index (χ2n) is 9.93. The molecule has 1 aromatic heterocycles. The van der Waals surface area contributed by atoms with Crippen molar-refractivity contribution < 1.29 is 9.84 Å². The number of ether oxygens (including phenoxy) is 1. The zero-order valence-electron chi connectivity index (χ0n) is 22.9. The molecule has 2 aromatic carbocycles. The molecule has 0 unspecified atom stereocenters. The predicted molar refractivity (Wildman–Crippen MR) is 148 cm³/mol. The molecule has 0 aliphatic heterocycles. The third-order valence-electron chi connectivity index (χ3n) is 6.41. The van der Waals surface area contributed by atoms with Gasteiger partial charge in [0.2, 0.25) is 0 Å². The van der Waals surface area contributed by atoms with E-state index in [0.29, 0.717) is 18.0 Å². The van der Waals surface area contributed by atoms with Crippen molar-refractivity contribution in [2.75, 3.05) is 0 Å². The SMILES string of the molecule is CCCCc1nc(C)n(-c2ccc(OC(C)C)cc2)c(=O)c1Cc1cc(CCC)c(O)c(CCC)c1. The zero-order valence-corrected chi connectivity index (χ0v) is 22.9. The Bertz CT molecular complexity index is 1180. The fourth-order valence-electron chi connectivity index (χ4n) is 4.76. The Hall–Kier alpha value is -3.08. The van der Waals surface area contributed by atoms with Crippen LogP contribution in [0.5, 0.6) is 11.5 Å². The molecular weight excluding hydrogens is 448 g/mol. The molecule has 3 aromatic rings. The number of aromatic nitrogens is 2. The molecule has 0 aliphatic carbocycles. The van der Waals surface area contributed by atoms with Crippen LogP contribution in [0, 0.1) is 6.92 Å². The van der Waals surface area contributed by atoms with E-state index in [1.165, 1.54) is 0 Å². The van der Waals surface area contributed by atoms with E-state index in [-0.39, 0.29) is 11.7 Å². The summed E-state index contributed by atoms with van der Waals surface area (Å²) in [5, 5.41) is 10.8. The number of rotatable bonds is 12. The van der Waals surface area contributed by atoms with Crippen LogP contribution in [-0.4, -0.2) is 20.8 Å². The second kappa shape index (κ2) is 12.8. The van der Waals surface area contributed by atoms with Crippen molar-refractivity contribution in [3.63, 3.8) is 0 Å². The molecule has 0 bridgehead atoms. The number of benzene rings is 2. The van der Waals surface area contributed by atoms with Gasteiger partial charge in [-0.2, -0.15) is 0 Å². The molecule has 1 N–H and O–H groups in total. The first-order valence-corrected chi connectivity index (χ1v) is 13.5. The molecule has 36 heavy (non-hydrogen) atoms. The van der Waals surface area contributed by atoms with Gasteiger partial charge in [-0.05, 0) is 87.4 Å². The lowest BCUT2D eigenvalue weighted by molar-refractivity contribution is 0.242. The third kappa shape index (κ3) is 6.57. The molecule has 0 atom stereocenters. The van der Waals surface area contributed by atoms with Crippen LogP contribution in [0.3, 0.4) is 0 Å². The number of unbranched alkanes of at least 4 members (excludes halogenated alkanes) is 1. The highest BCUT2D eigenvalue weighted by molar-refractivity contribution is 5.46. The maximum atomic E-state index is 14.0. The van der Waals surface area contributed by atoms with Gasteiger partial charge in [-0.15, -0.1) is 0 Å². The van der Waals surface area contributed by atoms with Crippen LogP contribution < -0.4 is 10.3 Å². The van der Waals surface area contributed by atoms with E-state index in [0.717, 1.165) is 84.3 Å². The zero-order chi connectivity index (χ0) is 26.2. The highest BCUT2D eigenvalue weighted by Gasteiger charge is 2.18. The summed E-state index contributed by atoms with van der Waals surface area (Å²) in [6.45, 7) is 12.3. The lowest BCUT2D eigenvalue weighted by Crippen LogP contribution is -2.28. The molecule has 194 valence electrons. The van der Waals surface area contributed by atoms with Gasteiger partial charge in [-0.1, -0.05) is 52.2 Å². The molecule has 5 nitrogen and oxygen atoms in total. The van der Waals surface area contributed by atoms with E-state index in [1.54, 1.807) is 4.57 Å². The number of nitrogens with zero attached hydrogens (tertiary/aromatic N) is 2. The quantitative estimate of drug-likeness (QED) is 0.301. The number of phenols is 1. The first-order valence-electron chi connectivity index (χ1n) is 13.5. The van der Waals surface area contributed by atoms with Crippen molar-refractivity contribution in [2.45, 2.75) is 99.0 Å². The number of hydrogen-bond acceptors (Lipinski definition) is 4. The van der Waals surface area contributed by atoms with Gasteiger partial charge in [0.05, 0.1) is 17.5 Å². The minimum Gasteiger partial charge on any atom is -0.507 e. The van der Waals surface area contributed by atoms with Gasteiger partial charge in [0.25, 0.3) is 5.56 Å². The topological polar surface area (TPSA) is 64.4 Å². The van der Waals surface area contributed by atoms with Gasteiger partial charge in [0, 0.05) is 12.0 Å². The molecule has 0 fully saturated rings. The summed E-state index contributed by atoms with van der Waals surface area (Å²) in [4.78, 5) is 18.9. The Kier molecular flexibility index (Phi) is 9.74. The van der Waals surface area contributed by atoms with Crippen molar-refractivity contribution in [2.24, 2.45) is 0 Å². The highest BCUT2D eigenvalue weighted by atomic mass is 16.5. The van der Waals surface area contributed by atoms with Gasteiger partial charge in [0.15, 0.2) is 0 Å². The fourth-order valence-corrected chi connectivity index (χ4v) is 4.76. The van der Waals surface area contributed by atoms with E-state index in [9.17, 15) is 9.90 Å². The van der Waals surface area contributed by atoms with Crippen molar-refractivity contribution in [1.29, 1.82) is 0 Å². The van der Waals surface area contributed by atoms with Crippen LogP contribution >= 0.6 is 0 Å². The van der Waals surface area contributed by atoms with E-state index in [2.05, 4.69) is 32.9 Å². The third-order valence-corrected chi connectivity index (χ3v) is 6.41. The lowest BCUT2D eigenvalue weighted by atomic mass is 9.94. The lowest BCUT2D eigenvalue weighted by Gasteiger charge is -2.17. The van der Waals surface area contributed by atoms with Gasteiger partial charge in [-0.3, -0.25) is 9.36 Å². The molecule has 0 spiro atoms. The maximum Gasteiger partial charge on any atom is 0.261 e. The maximum absolute atomic E-state index is 14.0. The first kappa shape index (κ1) is 27.5. The summed E-state index contributed by atoms with van der Waals surface area (Å²) in [5.41, 5.74) is 5.39. The van der Waals surface area contributed by atoms with E-state index in [4.69, 9.17) is 9.72 Å². The Balaban J connectivity index is 2.11. The van der Waals surface area contributed by atoms with Crippen LogP contribution in [0.2, 0.25) is 0 Å². The Labute approximate surface area is 216 Å². The molecule has 0 saturated carbocycles. The van der Waals surface area contributed by atoms with Crippen LogP contribution in [0.25, 0.3) is 5.69 Å². The average Bonchev–Trinajstić information content (AvgIpc) is 2.83. The minimum absolute atomic E-state index is 0.0201. The molecule has 0 radical (unpaired) electrons.